The van der Waals surface area contributed by atoms with Gasteiger partial charge in [-0.15, -0.1) is 10.2 Å². The van der Waals surface area contributed by atoms with E-state index in [-0.39, 0.29) is 11.8 Å². The van der Waals surface area contributed by atoms with Gasteiger partial charge in [-0.25, -0.2) is 0 Å². The smallest absolute Gasteiger partial charge is 0.232 e. The number of nitrogens with zero attached hydrogens (tertiary/aromatic N) is 3. The molecule has 0 spiro atoms. The van der Waals surface area contributed by atoms with E-state index in [1.165, 1.54) is 24.6 Å². The van der Waals surface area contributed by atoms with Crippen LogP contribution >= 0.6 is 11.8 Å². The second-order valence-corrected chi connectivity index (χ2v) is 6.24. The van der Waals surface area contributed by atoms with E-state index in [4.69, 9.17) is 0 Å². The van der Waals surface area contributed by atoms with Crippen molar-refractivity contribution < 1.29 is 9.59 Å². The van der Waals surface area contributed by atoms with Gasteiger partial charge in [-0.05, 0) is 25.0 Å². The highest BCUT2D eigenvalue weighted by Gasteiger charge is 2.15. The first-order valence-corrected chi connectivity index (χ1v) is 8.71. The Kier molecular flexibility index (Phi) is 6.64. The molecule has 22 heavy (non-hydrogen) atoms. The molecule has 1 N–H and O–H groups in total. The summed E-state index contributed by atoms with van der Waals surface area (Å²) < 4.78 is 0. The topological polar surface area (TPSA) is 75.2 Å². The number of carbonyl (C=O) groups is 2. The Morgan fingerprint density at radius 1 is 1.18 bits per heavy atom. The second-order valence-electron chi connectivity index (χ2n) is 5.24. The zero-order valence-corrected chi connectivity index (χ0v) is 13.7. The number of hydrogen-bond donors (Lipinski definition) is 1. The van der Waals surface area contributed by atoms with Gasteiger partial charge >= 0.3 is 0 Å². The third-order valence-electron chi connectivity index (χ3n) is 3.53. The molecule has 0 unspecified atom stereocenters. The highest BCUT2D eigenvalue weighted by molar-refractivity contribution is 7.99. The predicted octanol–water partition coefficient (Wildman–Crippen LogP) is 2.32. The summed E-state index contributed by atoms with van der Waals surface area (Å²) in [5.41, 5.74) is 0. The monoisotopic (exact) mass is 322 g/mol. The molecule has 0 aliphatic carbocycles. The van der Waals surface area contributed by atoms with E-state index >= 15 is 0 Å². The Morgan fingerprint density at radius 2 is 1.91 bits per heavy atom. The fraction of sp³-hybridized carbons (Fsp3) is 0.600. The third kappa shape index (κ3) is 5.29. The second kappa shape index (κ2) is 8.73. The molecule has 1 aliphatic heterocycles. The van der Waals surface area contributed by atoms with Crippen LogP contribution in [0.5, 0.6) is 0 Å². The van der Waals surface area contributed by atoms with E-state index in [1.54, 1.807) is 19.1 Å². The average molecular weight is 322 g/mol. The van der Waals surface area contributed by atoms with Gasteiger partial charge in [-0.2, -0.15) is 0 Å². The van der Waals surface area contributed by atoms with Crippen LogP contribution in [0, 0.1) is 0 Å². The van der Waals surface area contributed by atoms with Crippen molar-refractivity contribution >= 4 is 29.4 Å². The first-order chi connectivity index (χ1) is 10.7. The largest absolute Gasteiger partial charge is 0.342 e. The van der Waals surface area contributed by atoms with Gasteiger partial charge in [0.15, 0.2) is 5.82 Å². The number of aromatic nitrogens is 2. The zero-order valence-electron chi connectivity index (χ0n) is 12.9. The van der Waals surface area contributed by atoms with Crippen LogP contribution in [0.15, 0.2) is 17.2 Å². The summed E-state index contributed by atoms with van der Waals surface area (Å²) in [7, 11) is 0. The zero-order chi connectivity index (χ0) is 15.8. The summed E-state index contributed by atoms with van der Waals surface area (Å²) in [6, 6.07) is 3.48. The third-order valence-corrected chi connectivity index (χ3v) is 4.44. The quantitative estimate of drug-likeness (QED) is 0.842. The molecule has 1 fully saturated rings. The number of nitrogens with one attached hydrogen (secondary N) is 1. The Bertz CT molecular complexity index is 499. The first kappa shape index (κ1) is 16.7. The highest BCUT2D eigenvalue weighted by atomic mass is 32.2. The van der Waals surface area contributed by atoms with Crippen molar-refractivity contribution in [3.63, 3.8) is 0 Å². The van der Waals surface area contributed by atoms with Gasteiger partial charge in [0.05, 0.1) is 5.75 Å². The normalized spacial score (nSPS) is 15.2. The maximum Gasteiger partial charge on any atom is 0.232 e. The van der Waals surface area contributed by atoms with Crippen LogP contribution in [0.3, 0.4) is 0 Å². The van der Waals surface area contributed by atoms with E-state index in [0.29, 0.717) is 23.0 Å². The van der Waals surface area contributed by atoms with Crippen molar-refractivity contribution in [2.45, 2.75) is 44.1 Å². The summed E-state index contributed by atoms with van der Waals surface area (Å²) in [6.07, 6.45) is 5.03. The number of carbonyl (C=O) groups excluding carboxylic acids is 2. The van der Waals surface area contributed by atoms with E-state index in [2.05, 4.69) is 15.5 Å². The van der Waals surface area contributed by atoms with E-state index in [1.807, 2.05) is 4.90 Å². The number of hydrogen-bond acceptors (Lipinski definition) is 5. The van der Waals surface area contributed by atoms with Crippen molar-refractivity contribution in [1.29, 1.82) is 0 Å². The van der Waals surface area contributed by atoms with Crippen molar-refractivity contribution in [1.82, 2.24) is 15.1 Å². The van der Waals surface area contributed by atoms with Gasteiger partial charge in [-0.3, -0.25) is 9.59 Å². The molecule has 7 heteroatoms. The van der Waals surface area contributed by atoms with Crippen LogP contribution in [0.4, 0.5) is 5.82 Å². The fourth-order valence-electron chi connectivity index (χ4n) is 2.24. The SMILES string of the molecule is CCC(=O)Nc1ccc(SCC(=O)N2CCCCCC2)nn1. The van der Waals surface area contributed by atoms with Gasteiger partial charge in [0.1, 0.15) is 5.03 Å². The van der Waals surface area contributed by atoms with Crippen LogP contribution in [0.2, 0.25) is 0 Å². The number of thioether (sulfide) groups is 1. The predicted molar refractivity (Wildman–Crippen MR) is 86.7 cm³/mol. The molecule has 120 valence electrons. The van der Waals surface area contributed by atoms with E-state index in [9.17, 15) is 9.59 Å². The fourth-order valence-corrected chi connectivity index (χ4v) is 2.96. The van der Waals surface area contributed by atoms with Gasteiger partial charge in [0.25, 0.3) is 0 Å². The van der Waals surface area contributed by atoms with Gasteiger partial charge in [-0.1, -0.05) is 31.5 Å². The van der Waals surface area contributed by atoms with Crippen LogP contribution < -0.4 is 5.32 Å². The molecule has 0 saturated carbocycles. The van der Waals surface area contributed by atoms with Crippen molar-refractivity contribution in [2.24, 2.45) is 0 Å². The molecule has 1 aromatic rings. The lowest BCUT2D eigenvalue weighted by Crippen LogP contribution is -2.33. The van der Waals surface area contributed by atoms with Crippen LogP contribution in [0.1, 0.15) is 39.0 Å². The van der Waals surface area contributed by atoms with Gasteiger partial charge in [0.2, 0.25) is 11.8 Å². The minimum atomic E-state index is -0.0916. The number of amides is 2. The van der Waals surface area contributed by atoms with Crippen molar-refractivity contribution in [2.75, 3.05) is 24.2 Å². The molecule has 1 aliphatic rings. The number of rotatable bonds is 5. The molecular formula is C15H22N4O2S. The molecule has 1 saturated heterocycles. The Morgan fingerprint density at radius 3 is 2.50 bits per heavy atom. The Balaban J connectivity index is 1.80. The Labute approximate surface area is 135 Å². The lowest BCUT2D eigenvalue weighted by Gasteiger charge is -2.19. The number of likely N-dealkylation sites (tertiary alicyclic amines) is 1. The van der Waals surface area contributed by atoms with Crippen LogP contribution in [-0.4, -0.2) is 45.8 Å². The lowest BCUT2D eigenvalue weighted by atomic mass is 10.2. The summed E-state index contributed by atoms with van der Waals surface area (Å²) in [6.45, 7) is 3.52. The molecule has 0 radical (unpaired) electrons. The lowest BCUT2D eigenvalue weighted by molar-refractivity contribution is -0.128. The standard InChI is InChI=1S/C15H22N4O2S/c1-2-13(20)16-12-7-8-14(18-17-12)22-11-15(21)19-9-5-3-4-6-10-19/h7-8H,2-6,9-11H2,1H3,(H,16,17,20). The first-order valence-electron chi connectivity index (χ1n) is 7.73. The van der Waals surface area contributed by atoms with Gasteiger partial charge in [0, 0.05) is 19.5 Å². The molecule has 6 nitrogen and oxygen atoms in total. The van der Waals surface area contributed by atoms with E-state index in [0.717, 1.165) is 25.9 Å². The maximum absolute atomic E-state index is 12.2. The molecule has 1 aromatic heterocycles. The van der Waals surface area contributed by atoms with Gasteiger partial charge < -0.3 is 10.2 Å². The summed E-state index contributed by atoms with van der Waals surface area (Å²) in [5, 5.41) is 11.3. The highest BCUT2D eigenvalue weighted by Crippen LogP contribution is 2.17. The Hall–Kier alpha value is -1.63. The molecular weight excluding hydrogens is 300 g/mol. The summed E-state index contributed by atoms with van der Waals surface area (Å²) >= 11 is 1.38. The minimum Gasteiger partial charge on any atom is -0.342 e. The molecule has 0 bridgehead atoms. The summed E-state index contributed by atoms with van der Waals surface area (Å²) in [4.78, 5) is 25.4. The number of anilines is 1. The maximum atomic E-state index is 12.2. The van der Waals surface area contributed by atoms with E-state index < -0.39 is 0 Å². The molecule has 0 atom stereocenters. The average Bonchev–Trinajstić information content (AvgIpc) is 2.83. The summed E-state index contributed by atoms with van der Waals surface area (Å²) in [5.74, 6) is 0.896. The van der Waals surface area contributed by atoms with Crippen molar-refractivity contribution in [3.8, 4) is 0 Å². The molecule has 2 heterocycles. The molecule has 0 aromatic carbocycles. The van der Waals surface area contributed by atoms with Crippen LogP contribution in [0.25, 0.3) is 0 Å². The molecule has 2 rings (SSSR count). The van der Waals surface area contributed by atoms with Crippen LogP contribution in [-0.2, 0) is 9.59 Å². The van der Waals surface area contributed by atoms with Crippen molar-refractivity contribution in [3.05, 3.63) is 12.1 Å². The minimum absolute atomic E-state index is 0.0916. The molecule has 2 amide bonds.